The lowest BCUT2D eigenvalue weighted by atomic mass is 9.84. The van der Waals surface area contributed by atoms with Crippen LogP contribution < -0.4 is 9.62 Å². The quantitative estimate of drug-likeness (QED) is 0.285. The first-order valence-corrected chi connectivity index (χ1v) is 14.5. The highest BCUT2D eigenvalue weighted by Gasteiger charge is 2.39. The van der Waals surface area contributed by atoms with Crippen LogP contribution in [0.25, 0.3) is 5.57 Å². The van der Waals surface area contributed by atoms with Gasteiger partial charge in [-0.05, 0) is 54.8 Å². The van der Waals surface area contributed by atoms with Crippen LogP contribution in [0.3, 0.4) is 0 Å². The monoisotopic (exact) mass is 526 g/mol. The van der Waals surface area contributed by atoms with E-state index < -0.39 is 10.0 Å². The fraction of sp³-hybridized carbons (Fsp3) is 0.290. The highest BCUT2D eigenvalue weighted by Crippen LogP contribution is 2.47. The first-order valence-electron chi connectivity index (χ1n) is 12.6. The third kappa shape index (κ3) is 6.43. The molecule has 0 aromatic heterocycles. The normalized spacial score (nSPS) is 16.7. The lowest BCUT2D eigenvalue weighted by Crippen LogP contribution is -2.26. The second-order valence-electron chi connectivity index (χ2n) is 9.84. The number of rotatable bonds is 9. The fourth-order valence-corrected chi connectivity index (χ4v) is 5.29. The van der Waals surface area contributed by atoms with E-state index in [-0.39, 0.29) is 5.41 Å². The molecule has 1 heterocycles. The number of allylic oxidation sites excluding steroid dienone is 8. The molecule has 6 nitrogen and oxygen atoms in total. The average Bonchev–Trinajstić information content (AvgIpc) is 3.09. The summed E-state index contributed by atoms with van der Waals surface area (Å²) in [4.78, 5) is 2.38. The van der Waals surface area contributed by atoms with Gasteiger partial charge in [0.15, 0.2) is 0 Å². The molecule has 0 bridgehead atoms. The van der Waals surface area contributed by atoms with Crippen LogP contribution in [0.4, 0.5) is 11.4 Å². The Labute approximate surface area is 227 Å². The standard InChI is InChI=1S/C31H34N4O2S/c1-6-7-20-35-28-14-10-9-13-27(28)31(3,4)29(35)15-11-8-12-25(22-33)30(23(2)21-32)24-16-18-26(19-17-24)34-38(5,36)37/h8-19,34H,6-7,20H2,1-5H3/b11-8+,25-12+,29-15+,30-23-. The average molecular weight is 527 g/mol. The van der Waals surface area contributed by atoms with Crippen molar-refractivity contribution in [1.82, 2.24) is 0 Å². The number of nitriles is 2. The maximum absolute atomic E-state index is 11.5. The van der Waals surface area contributed by atoms with Gasteiger partial charge in [0.05, 0.1) is 24.0 Å². The number of nitrogens with zero attached hydrogens (tertiary/aromatic N) is 3. The van der Waals surface area contributed by atoms with Crippen molar-refractivity contribution in [1.29, 1.82) is 10.5 Å². The molecule has 0 amide bonds. The summed E-state index contributed by atoms with van der Waals surface area (Å²) in [6, 6.07) is 19.5. The Bertz CT molecular complexity index is 1500. The first-order chi connectivity index (χ1) is 18.0. The van der Waals surface area contributed by atoms with Crippen molar-refractivity contribution in [3.63, 3.8) is 0 Å². The molecule has 0 saturated carbocycles. The van der Waals surface area contributed by atoms with Crippen LogP contribution in [0.1, 0.15) is 51.7 Å². The second kappa shape index (κ2) is 12.0. The van der Waals surface area contributed by atoms with Crippen LogP contribution in [-0.4, -0.2) is 21.2 Å². The van der Waals surface area contributed by atoms with Crippen LogP contribution in [0, 0.1) is 22.7 Å². The molecule has 38 heavy (non-hydrogen) atoms. The number of fused-ring (bicyclic) bond motifs is 1. The fourth-order valence-electron chi connectivity index (χ4n) is 4.72. The molecule has 0 saturated heterocycles. The van der Waals surface area contributed by atoms with E-state index >= 15 is 0 Å². The van der Waals surface area contributed by atoms with Crippen molar-refractivity contribution in [3.05, 3.63) is 101 Å². The zero-order valence-corrected chi connectivity index (χ0v) is 23.4. The Morgan fingerprint density at radius 3 is 2.34 bits per heavy atom. The van der Waals surface area contributed by atoms with Crippen LogP contribution in [-0.2, 0) is 15.4 Å². The second-order valence-corrected chi connectivity index (χ2v) is 11.6. The molecular weight excluding hydrogens is 492 g/mol. The third-order valence-corrected chi connectivity index (χ3v) is 7.18. The number of para-hydroxylation sites is 1. The molecule has 196 valence electrons. The Morgan fingerprint density at radius 1 is 1.05 bits per heavy atom. The summed E-state index contributed by atoms with van der Waals surface area (Å²) in [7, 11) is -3.41. The molecule has 0 atom stereocenters. The number of benzene rings is 2. The molecule has 1 aliphatic rings. The minimum atomic E-state index is -3.41. The van der Waals surface area contributed by atoms with Crippen LogP contribution in [0.5, 0.6) is 0 Å². The van der Waals surface area contributed by atoms with Gasteiger partial charge in [-0.25, -0.2) is 8.42 Å². The predicted molar refractivity (Wildman–Crippen MR) is 156 cm³/mol. The van der Waals surface area contributed by atoms with E-state index in [1.807, 2.05) is 12.2 Å². The minimum absolute atomic E-state index is 0.152. The Balaban J connectivity index is 1.95. The molecule has 0 fully saturated rings. The molecule has 1 N–H and O–H groups in total. The van der Waals surface area contributed by atoms with Crippen LogP contribution in [0.15, 0.2) is 89.7 Å². The van der Waals surface area contributed by atoms with E-state index in [4.69, 9.17) is 0 Å². The Morgan fingerprint density at radius 2 is 1.74 bits per heavy atom. The molecule has 0 spiro atoms. The van der Waals surface area contributed by atoms with E-state index in [1.165, 1.54) is 16.9 Å². The van der Waals surface area contributed by atoms with Gasteiger partial charge in [0.2, 0.25) is 10.0 Å². The topological polar surface area (TPSA) is 97.0 Å². The van der Waals surface area contributed by atoms with Gasteiger partial charge in [-0.1, -0.05) is 69.7 Å². The summed E-state index contributed by atoms with van der Waals surface area (Å²) in [5, 5.41) is 19.6. The number of hydrogen-bond acceptors (Lipinski definition) is 5. The molecule has 0 unspecified atom stereocenters. The summed E-state index contributed by atoms with van der Waals surface area (Å²) in [6.45, 7) is 9.25. The lowest BCUT2D eigenvalue weighted by Gasteiger charge is -2.27. The van der Waals surface area contributed by atoms with Gasteiger partial charge in [0.25, 0.3) is 0 Å². The van der Waals surface area contributed by atoms with Crippen molar-refractivity contribution in [2.24, 2.45) is 0 Å². The SMILES string of the molecule is CCCCN1/C(=C/C=C/C=C(C#N)/C(=C(/C)C#N)c2ccc(NS(C)(=O)=O)cc2)C(C)(C)c2ccccc21. The van der Waals surface area contributed by atoms with Crippen LogP contribution >= 0.6 is 0 Å². The summed E-state index contributed by atoms with van der Waals surface area (Å²) >= 11 is 0. The van der Waals surface area contributed by atoms with Gasteiger partial charge in [0, 0.05) is 40.2 Å². The van der Waals surface area contributed by atoms with Crippen molar-refractivity contribution < 1.29 is 8.42 Å². The molecule has 0 aliphatic carbocycles. The molecule has 2 aromatic carbocycles. The first kappa shape index (κ1) is 28.5. The number of anilines is 2. The lowest BCUT2D eigenvalue weighted by molar-refractivity contribution is 0.607. The maximum Gasteiger partial charge on any atom is 0.229 e. The van der Waals surface area contributed by atoms with Gasteiger partial charge in [0.1, 0.15) is 0 Å². The van der Waals surface area contributed by atoms with Gasteiger partial charge < -0.3 is 4.90 Å². The molecule has 3 rings (SSSR count). The van der Waals surface area contributed by atoms with Crippen LogP contribution in [0.2, 0.25) is 0 Å². The van der Waals surface area contributed by atoms with Gasteiger partial charge in [-0.2, -0.15) is 10.5 Å². The summed E-state index contributed by atoms with van der Waals surface area (Å²) in [6.07, 6.45) is 10.9. The van der Waals surface area contributed by atoms with E-state index in [0.717, 1.165) is 25.6 Å². The highest BCUT2D eigenvalue weighted by molar-refractivity contribution is 7.92. The molecule has 0 radical (unpaired) electrons. The smallest absolute Gasteiger partial charge is 0.229 e. The van der Waals surface area contributed by atoms with E-state index in [1.54, 1.807) is 37.3 Å². The van der Waals surface area contributed by atoms with E-state index in [9.17, 15) is 18.9 Å². The van der Waals surface area contributed by atoms with Crippen molar-refractivity contribution in [3.8, 4) is 12.1 Å². The number of unbranched alkanes of at least 4 members (excludes halogenated alkanes) is 1. The van der Waals surface area contributed by atoms with Gasteiger partial charge in [-0.15, -0.1) is 0 Å². The number of hydrogen-bond donors (Lipinski definition) is 1. The Hall–Kier alpha value is -4.07. The zero-order chi connectivity index (χ0) is 27.9. The molecule has 1 aliphatic heterocycles. The third-order valence-electron chi connectivity index (χ3n) is 6.57. The Kier molecular flexibility index (Phi) is 8.99. The van der Waals surface area contributed by atoms with Crippen molar-refractivity contribution in [2.45, 2.75) is 46.0 Å². The summed E-state index contributed by atoms with van der Waals surface area (Å²) in [5.74, 6) is 0. The number of sulfonamides is 1. The van der Waals surface area contributed by atoms with E-state index in [2.05, 4.69) is 72.9 Å². The summed E-state index contributed by atoms with van der Waals surface area (Å²) in [5.41, 5.74) is 5.90. The van der Waals surface area contributed by atoms with Gasteiger partial charge in [-0.3, -0.25) is 4.72 Å². The van der Waals surface area contributed by atoms with Crippen molar-refractivity contribution in [2.75, 3.05) is 22.4 Å². The van der Waals surface area contributed by atoms with Gasteiger partial charge >= 0.3 is 0 Å². The maximum atomic E-state index is 11.5. The van der Waals surface area contributed by atoms with Crippen molar-refractivity contribution >= 4 is 27.0 Å². The molecule has 2 aromatic rings. The predicted octanol–water partition coefficient (Wildman–Crippen LogP) is 6.84. The number of nitrogens with one attached hydrogen (secondary N) is 1. The van der Waals surface area contributed by atoms with E-state index in [0.29, 0.717) is 28.0 Å². The minimum Gasteiger partial charge on any atom is -0.344 e. The summed E-state index contributed by atoms with van der Waals surface area (Å²) < 4.78 is 25.5. The molecular formula is C31H34N4O2S. The highest BCUT2D eigenvalue weighted by atomic mass is 32.2. The zero-order valence-electron chi connectivity index (χ0n) is 22.6. The molecule has 7 heteroatoms. The largest absolute Gasteiger partial charge is 0.344 e.